The molecule has 0 aliphatic carbocycles. The Kier molecular flexibility index (Phi) is 2.70. The van der Waals surface area contributed by atoms with Crippen LogP contribution >= 0.6 is 0 Å². The second-order valence-corrected chi connectivity index (χ2v) is 5.94. The fourth-order valence-corrected chi connectivity index (χ4v) is 3.41. The van der Waals surface area contributed by atoms with Gasteiger partial charge in [-0.3, -0.25) is 14.9 Å². The number of pyridine rings is 2. The van der Waals surface area contributed by atoms with Crippen LogP contribution in [-0.4, -0.2) is 20.2 Å². The molecule has 0 spiro atoms. The van der Waals surface area contributed by atoms with E-state index in [1.807, 2.05) is 42.5 Å². The number of hydrogen-bond acceptors (Lipinski definition) is 4. The van der Waals surface area contributed by atoms with Gasteiger partial charge in [-0.05, 0) is 35.9 Å². The highest BCUT2D eigenvalue weighted by Crippen LogP contribution is 2.36. The number of rotatable bonds is 1. The molecule has 0 atom stereocenters. The number of H-pyrrole nitrogens is 2. The van der Waals surface area contributed by atoms with Crippen molar-refractivity contribution in [3.05, 3.63) is 65.2 Å². The summed E-state index contributed by atoms with van der Waals surface area (Å²) in [5.74, 6) is 0. The van der Waals surface area contributed by atoms with Crippen LogP contribution in [-0.2, 0) is 0 Å². The molecule has 5 aromatic rings. The van der Waals surface area contributed by atoms with Gasteiger partial charge in [0.1, 0.15) is 5.69 Å². The number of nitrogen functional groups attached to an aromatic ring is 1. The summed E-state index contributed by atoms with van der Waals surface area (Å²) in [6.45, 7) is 0. The molecule has 3 aromatic heterocycles. The summed E-state index contributed by atoms with van der Waals surface area (Å²) in [6.07, 6.45) is 3.48. The third kappa shape index (κ3) is 1.88. The summed E-state index contributed by atoms with van der Waals surface area (Å²) < 4.78 is 0. The molecule has 5 rings (SSSR count). The van der Waals surface area contributed by atoms with E-state index in [-0.39, 0.29) is 11.2 Å². The number of aromatic amines is 2. The second-order valence-electron chi connectivity index (χ2n) is 5.94. The molecule has 0 aliphatic heterocycles. The molecule has 0 radical (unpaired) electrons. The predicted molar refractivity (Wildman–Crippen MR) is 99.4 cm³/mol. The SMILES string of the molecule is Nc1c(-c2cccc3[nH]ncc23)c2ccc3ncccc3c2[nH]c1=O. The van der Waals surface area contributed by atoms with Gasteiger partial charge < -0.3 is 10.7 Å². The normalized spacial score (nSPS) is 11.5. The van der Waals surface area contributed by atoms with E-state index in [9.17, 15) is 4.79 Å². The van der Waals surface area contributed by atoms with Crippen LogP contribution in [0.5, 0.6) is 0 Å². The monoisotopic (exact) mass is 327 g/mol. The molecule has 25 heavy (non-hydrogen) atoms. The van der Waals surface area contributed by atoms with Gasteiger partial charge in [-0.1, -0.05) is 12.1 Å². The van der Waals surface area contributed by atoms with E-state index >= 15 is 0 Å². The topological polar surface area (TPSA) is 100 Å². The van der Waals surface area contributed by atoms with Gasteiger partial charge in [-0.25, -0.2) is 0 Å². The number of fused-ring (bicyclic) bond motifs is 4. The van der Waals surface area contributed by atoms with Crippen LogP contribution in [0.25, 0.3) is 43.8 Å². The van der Waals surface area contributed by atoms with E-state index in [1.165, 1.54) is 0 Å². The molecular formula is C19H13N5O. The van der Waals surface area contributed by atoms with E-state index in [0.717, 1.165) is 43.8 Å². The minimum Gasteiger partial charge on any atom is -0.394 e. The highest BCUT2D eigenvalue weighted by molar-refractivity contribution is 6.14. The highest BCUT2D eigenvalue weighted by Gasteiger charge is 2.16. The standard InChI is InChI=1S/C19H13N5O/c20-17-16(10-3-1-5-15-13(10)9-22-24-15)12-6-7-14-11(4-2-8-21-14)18(12)23-19(17)25/h1-9H,20H2,(H,22,24)(H,23,25). The maximum atomic E-state index is 12.5. The number of anilines is 1. The third-order valence-electron chi connectivity index (χ3n) is 4.56. The van der Waals surface area contributed by atoms with E-state index in [0.29, 0.717) is 0 Å². The van der Waals surface area contributed by atoms with Crippen molar-refractivity contribution in [3.8, 4) is 11.1 Å². The van der Waals surface area contributed by atoms with Crippen LogP contribution in [0, 0.1) is 0 Å². The third-order valence-corrected chi connectivity index (χ3v) is 4.56. The van der Waals surface area contributed by atoms with Crippen molar-refractivity contribution in [2.45, 2.75) is 0 Å². The zero-order valence-corrected chi connectivity index (χ0v) is 13.1. The Morgan fingerprint density at radius 1 is 0.960 bits per heavy atom. The molecule has 6 nitrogen and oxygen atoms in total. The van der Waals surface area contributed by atoms with Crippen LogP contribution in [0.1, 0.15) is 0 Å². The van der Waals surface area contributed by atoms with Crippen molar-refractivity contribution < 1.29 is 0 Å². The lowest BCUT2D eigenvalue weighted by Gasteiger charge is -2.12. The van der Waals surface area contributed by atoms with Crippen molar-refractivity contribution >= 4 is 38.4 Å². The molecule has 0 bridgehead atoms. The fourth-order valence-electron chi connectivity index (χ4n) is 3.41. The molecule has 6 heteroatoms. The quantitative estimate of drug-likeness (QED) is 0.412. The number of benzene rings is 2. The average Bonchev–Trinajstić information content (AvgIpc) is 3.12. The van der Waals surface area contributed by atoms with Crippen LogP contribution in [0.3, 0.4) is 0 Å². The highest BCUT2D eigenvalue weighted by atomic mass is 16.1. The molecule has 0 saturated heterocycles. The number of hydrogen-bond donors (Lipinski definition) is 3. The van der Waals surface area contributed by atoms with E-state index in [4.69, 9.17) is 5.73 Å². The van der Waals surface area contributed by atoms with E-state index in [1.54, 1.807) is 12.4 Å². The summed E-state index contributed by atoms with van der Waals surface area (Å²) in [7, 11) is 0. The van der Waals surface area contributed by atoms with Gasteiger partial charge in [0.05, 0.1) is 22.7 Å². The summed E-state index contributed by atoms with van der Waals surface area (Å²) >= 11 is 0. The minimum absolute atomic E-state index is 0.199. The lowest BCUT2D eigenvalue weighted by molar-refractivity contribution is 1.12. The number of aromatic nitrogens is 4. The largest absolute Gasteiger partial charge is 0.394 e. The zero-order valence-electron chi connectivity index (χ0n) is 13.1. The molecule has 0 aliphatic rings. The Labute approximate surface area is 141 Å². The predicted octanol–water partition coefficient (Wildman–Crippen LogP) is 3.20. The van der Waals surface area contributed by atoms with Crippen molar-refractivity contribution in [2.75, 3.05) is 5.73 Å². The maximum Gasteiger partial charge on any atom is 0.272 e. The average molecular weight is 327 g/mol. The lowest BCUT2D eigenvalue weighted by atomic mass is 9.95. The number of nitrogens with two attached hydrogens (primary N) is 1. The van der Waals surface area contributed by atoms with Crippen molar-refractivity contribution in [1.82, 2.24) is 20.2 Å². The fraction of sp³-hybridized carbons (Fsp3) is 0. The van der Waals surface area contributed by atoms with Gasteiger partial charge in [-0.2, -0.15) is 5.10 Å². The first-order valence-corrected chi connectivity index (χ1v) is 7.86. The van der Waals surface area contributed by atoms with Gasteiger partial charge >= 0.3 is 0 Å². The molecule has 3 heterocycles. The molecular weight excluding hydrogens is 314 g/mol. The molecule has 0 amide bonds. The molecule has 2 aromatic carbocycles. The molecule has 0 fully saturated rings. The Balaban J connectivity index is 2.02. The molecule has 0 saturated carbocycles. The summed E-state index contributed by atoms with van der Waals surface area (Å²) in [5, 5.41) is 9.75. The van der Waals surface area contributed by atoms with Gasteiger partial charge in [0, 0.05) is 27.9 Å². The Morgan fingerprint density at radius 2 is 1.88 bits per heavy atom. The van der Waals surface area contributed by atoms with Gasteiger partial charge in [0.15, 0.2) is 0 Å². The van der Waals surface area contributed by atoms with Crippen molar-refractivity contribution in [3.63, 3.8) is 0 Å². The second kappa shape index (κ2) is 4.91. The van der Waals surface area contributed by atoms with Gasteiger partial charge in [0.25, 0.3) is 5.56 Å². The molecule has 4 N–H and O–H groups in total. The van der Waals surface area contributed by atoms with E-state index in [2.05, 4.69) is 20.2 Å². The first-order valence-electron chi connectivity index (χ1n) is 7.86. The zero-order chi connectivity index (χ0) is 17.0. The number of nitrogens with one attached hydrogen (secondary N) is 2. The summed E-state index contributed by atoms with van der Waals surface area (Å²) in [6, 6.07) is 13.5. The maximum absolute atomic E-state index is 12.5. The minimum atomic E-state index is -0.306. The Bertz CT molecular complexity index is 1330. The Hall–Kier alpha value is -3.67. The van der Waals surface area contributed by atoms with Crippen LogP contribution < -0.4 is 11.3 Å². The van der Waals surface area contributed by atoms with Crippen LogP contribution in [0.4, 0.5) is 5.69 Å². The summed E-state index contributed by atoms with van der Waals surface area (Å²) in [5.41, 5.74) is 10.1. The van der Waals surface area contributed by atoms with E-state index < -0.39 is 0 Å². The van der Waals surface area contributed by atoms with Gasteiger partial charge in [-0.15, -0.1) is 0 Å². The smallest absolute Gasteiger partial charge is 0.272 e. The van der Waals surface area contributed by atoms with Gasteiger partial charge in [0.2, 0.25) is 0 Å². The van der Waals surface area contributed by atoms with Crippen molar-refractivity contribution in [1.29, 1.82) is 0 Å². The van der Waals surface area contributed by atoms with Crippen LogP contribution in [0.2, 0.25) is 0 Å². The molecule has 0 unspecified atom stereocenters. The van der Waals surface area contributed by atoms with Crippen LogP contribution in [0.15, 0.2) is 59.7 Å². The lowest BCUT2D eigenvalue weighted by Crippen LogP contribution is -2.13. The first kappa shape index (κ1) is 13.7. The number of nitrogens with zero attached hydrogens (tertiary/aromatic N) is 2. The van der Waals surface area contributed by atoms with Crippen molar-refractivity contribution in [2.24, 2.45) is 0 Å². The molecule has 120 valence electrons. The first-order chi connectivity index (χ1) is 12.2. The Morgan fingerprint density at radius 3 is 2.80 bits per heavy atom. The summed E-state index contributed by atoms with van der Waals surface area (Å²) in [4.78, 5) is 19.8.